The molecule has 0 radical (unpaired) electrons. The van der Waals surface area contributed by atoms with Crippen molar-refractivity contribution in [3.63, 3.8) is 0 Å². The molecule has 1 aromatic rings. The highest BCUT2D eigenvalue weighted by Crippen LogP contribution is 2.33. The van der Waals surface area contributed by atoms with Crippen LogP contribution >= 0.6 is 11.8 Å². The Morgan fingerprint density at radius 3 is 2.43 bits per heavy atom. The average molecular weight is 213 g/mol. The summed E-state index contributed by atoms with van der Waals surface area (Å²) < 4.78 is 24.3. The van der Waals surface area contributed by atoms with E-state index in [1.54, 1.807) is 24.3 Å². The van der Waals surface area contributed by atoms with E-state index in [9.17, 15) is 8.78 Å². The summed E-state index contributed by atoms with van der Waals surface area (Å²) >= 11 is 0.883. The third kappa shape index (κ3) is 3.35. The molecule has 0 aliphatic heterocycles. The van der Waals surface area contributed by atoms with Gasteiger partial charge in [-0.2, -0.15) is 5.26 Å². The summed E-state index contributed by atoms with van der Waals surface area (Å²) in [5, 5.41) is 9.90. The summed E-state index contributed by atoms with van der Waals surface area (Å²) in [6, 6.07) is 8.91. The lowest BCUT2D eigenvalue weighted by molar-refractivity contribution is 0.137. The first kappa shape index (κ1) is 11.0. The first-order chi connectivity index (χ1) is 6.74. The van der Waals surface area contributed by atoms with Gasteiger partial charge in [-0.25, -0.2) is 8.78 Å². The standard InChI is InChI=1S/C10H9F2NS/c11-10(12)6-9(14-7-13)8-4-2-1-3-5-8/h1-5,9-10H,6H2. The lowest BCUT2D eigenvalue weighted by Crippen LogP contribution is -2.00. The molecule has 0 saturated heterocycles. The molecule has 74 valence electrons. The van der Waals surface area contributed by atoms with Crippen LogP contribution in [0.1, 0.15) is 17.2 Å². The van der Waals surface area contributed by atoms with Gasteiger partial charge in [-0.05, 0) is 17.3 Å². The summed E-state index contributed by atoms with van der Waals surface area (Å²) in [4.78, 5) is 0. The van der Waals surface area contributed by atoms with Gasteiger partial charge in [0.25, 0.3) is 0 Å². The van der Waals surface area contributed by atoms with Crippen LogP contribution in [0.3, 0.4) is 0 Å². The van der Waals surface area contributed by atoms with Crippen LogP contribution in [0.15, 0.2) is 30.3 Å². The second-order valence-corrected chi connectivity index (χ2v) is 3.72. The summed E-state index contributed by atoms with van der Waals surface area (Å²) in [5.74, 6) is 0. The van der Waals surface area contributed by atoms with Crippen LogP contribution in [-0.2, 0) is 0 Å². The maximum atomic E-state index is 12.2. The normalized spacial score (nSPS) is 12.4. The Morgan fingerprint density at radius 1 is 1.29 bits per heavy atom. The third-order valence-electron chi connectivity index (χ3n) is 1.76. The van der Waals surface area contributed by atoms with Crippen LogP contribution < -0.4 is 0 Å². The molecule has 1 unspecified atom stereocenters. The lowest BCUT2D eigenvalue weighted by Gasteiger charge is -2.11. The smallest absolute Gasteiger partial charge is 0.210 e. The van der Waals surface area contributed by atoms with E-state index in [4.69, 9.17) is 5.26 Å². The Bertz CT molecular complexity index is 308. The molecule has 0 heterocycles. The molecule has 0 aromatic heterocycles. The van der Waals surface area contributed by atoms with E-state index in [0.717, 1.165) is 17.3 Å². The summed E-state index contributed by atoms with van der Waals surface area (Å²) in [6.45, 7) is 0. The highest BCUT2D eigenvalue weighted by atomic mass is 32.2. The van der Waals surface area contributed by atoms with Crippen LogP contribution in [0.2, 0.25) is 0 Å². The van der Waals surface area contributed by atoms with Gasteiger partial charge in [0, 0.05) is 11.7 Å². The van der Waals surface area contributed by atoms with Crippen LogP contribution in [0, 0.1) is 10.7 Å². The highest BCUT2D eigenvalue weighted by Gasteiger charge is 2.17. The fourth-order valence-corrected chi connectivity index (χ4v) is 1.81. The molecule has 0 aliphatic carbocycles. The zero-order chi connectivity index (χ0) is 10.4. The predicted octanol–water partition coefficient (Wildman–Crippen LogP) is 3.60. The molecule has 0 amide bonds. The van der Waals surface area contributed by atoms with Crippen molar-refractivity contribution >= 4 is 11.8 Å². The van der Waals surface area contributed by atoms with E-state index in [1.165, 1.54) is 0 Å². The largest absolute Gasteiger partial charge is 0.240 e. The van der Waals surface area contributed by atoms with E-state index in [1.807, 2.05) is 11.5 Å². The number of thiocyanates is 1. The van der Waals surface area contributed by atoms with E-state index < -0.39 is 11.7 Å². The van der Waals surface area contributed by atoms with Gasteiger partial charge in [-0.3, -0.25) is 0 Å². The van der Waals surface area contributed by atoms with E-state index >= 15 is 0 Å². The molecule has 0 saturated carbocycles. The minimum atomic E-state index is -2.37. The number of benzene rings is 1. The Balaban J connectivity index is 2.73. The fraction of sp³-hybridized carbons (Fsp3) is 0.300. The Kier molecular flexibility index (Phi) is 4.41. The number of halogens is 2. The summed E-state index contributed by atoms with van der Waals surface area (Å²) in [7, 11) is 0. The Hall–Kier alpha value is -1.08. The second-order valence-electron chi connectivity index (χ2n) is 2.74. The van der Waals surface area contributed by atoms with Gasteiger partial charge in [-0.1, -0.05) is 30.3 Å². The number of hydrogen-bond acceptors (Lipinski definition) is 2. The number of thioether (sulfide) groups is 1. The van der Waals surface area contributed by atoms with Crippen molar-refractivity contribution in [2.24, 2.45) is 0 Å². The molecule has 1 atom stereocenters. The van der Waals surface area contributed by atoms with Crippen molar-refractivity contribution in [1.29, 1.82) is 5.26 Å². The maximum absolute atomic E-state index is 12.2. The van der Waals surface area contributed by atoms with Crippen molar-refractivity contribution in [2.45, 2.75) is 18.1 Å². The van der Waals surface area contributed by atoms with E-state index in [-0.39, 0.29) is 6.42 Å². The number of alkyl halides is 2. The van der Waals surface area contributed by atoms with Crippen LogP contribution in [0.5, 0.6) is 0 Å². The molecule has 14 heavy (non-hydrogen) atoms. The highest BCUT2D eigenvalue weighted by molar-refractivity contribution is 8.03. The monoisotopic (exact) mass is 213 g/mol. The van der Waals surface area contributed by atoms with Gasteiger partial charge in [0.1, 0.15) is 5.40 Å². The van der Waals surface area contributed by atoms with Crippen molar-refractivity contribution in [2.75, 3.05) is 0 Å². The Morgan fingerprint density at radius 2 is 1.93 bits per heavy atom. The quantitative estimate of drug-likeness (QED) is 0.713. The number of hydrogen-bond donors (Lipinski definition) is 0. The zero-order valence-electron chi connectivity index (χ0n) is 7.36. The topological polar surface area (TPSA) is 23.8 Å². The van der Waals surface area contributed by atoms with Crippen LogP contribution in [0.4, 0.5) is 8.78 Å². The molecule has 1 rings (SSSR count). The molecule has 0 spiro atoms. The van der Waals surface area contributed by atoms with Crippen molar-refractivity contribution < 1.29 is 8.78 Å². The van der Waals surface area contributed by atoms with Gasteiger partial charge in [0.2, 0.25) is 6.43 Å². The fourth-order valence-electron chi connectivity index (χ4n) is 1.15. The molecule has 0 bridgehead atoms. The first-order valence-corrected chi connectivity index (χ1v) is 5.00. The SMILES string of the molecule is N#CSC(CC(F)F)c1ccccc1. The predicted molar refractivity (Wildman–Crippen MR) is 53.0 cm³/mol. The Labute approximate surface area is 85.7 Å². The second kappa shape index (κ2) is 5.61. The molecular weight excluding hydrogens is 204 g/mol. The van der Waals surface area contributed by atoms with Gasteiger partial charge < -0.3 is 0 Å². The minimum absolute atomic E-state index is 0.276. The minimum Gasteiger partial charge on any atom is -0.210 e. The van der Waals surface area contributed by atoms with Crippen LogP contribution in [-0.4, -0.2) is 6.43 Å². The van der Waals surface area contributed by atoms with Gasteiger partial charge in [-0.15, -0.1) is 0 Å². The number of nitriles is 1. The van der Waals surface area contributed by atoms with Gasteiger partial charge in [0.05, 0.1) is 0 Å². The maximum Gasteiger partial charge on any atom is 0.240 e. The molecule has 0 fully saturated rings. The van der Waals surface area contributed by atoms with E-state index in [2.05, 4.69) is 0 Å². The zero-order valence-corrected chi connectivity index (χ0v) is 8.18. The third-order valence-corrected chi connectivity index (χ3v) is 2.61. The number of nitrogens with zero attached hydrogens (tertiary/aromatic N) is 1. The van der Waals surface area contributed by atoms with Crippen LogP contribution in [0.25, 0.3) is 0 Å². The van der Waals surface area contributed by atoms with Gasteiger partial charge >= 0.3 is 0 Å². The first-order valence-electron chi connectivity index (χ1n) is 4.12. The molecule has 1 nitrogen and oxygen atoms in total. The summed E-state index contributed by atoms with van der Waals surface area (Å²) in [6.07, 6.45) is -2.65. The molecule has 1 aromatic carbocycles. The lowest BCUT2D eigenvalue weighted by atomic mass is 10.1. The van der Waals surface area contributed by atoms with Crippen molar-refractivity contribution in [1.82, 2.24) is 0 Å². The molecule has 0 aliphatic rings. The van der Waals surface area contributed by atoms with Crippen molar-refractivity contribution in [3.8, 4) is 5.40 Å². The molecule has 0 N–H and O–H groups in total. The molecule has 4 heteroatoms. The summed E-state index contributed by atoms with van der Waals surface area (Å²) in [5.41, 5.74) is 0.777. The van der Waals surface area contributed by atoms with E-state index in [0.29, 0.717) is 0 Å². The van der Waals surface area contributed by atoms with Crippen molar-refractivity contribution in [3.05, 3.63) is 35.9 Å². The van der Waals surface area contributed by atoms with Gasteiger partial charge in [0.15, 0.2) is 0 Å². The average Bonchev–Trinajstić information content (AvgIpc) is 2.18. The molecular formula is C10H9F2NS. The number of rotatable bonds is 4.